The molecule has 0 saturated heterocycles. The first-order valence-electron chi connectivity index (χ1n) is 7.17. The quantitative estimate of drug-likeness (QED) is 0.779. The second-order valence-electron chi connectivity index (χ2n) is 5.45. The van der Waals surface area contributed by atoms with Crippen molar-refractivity contribution in [1.82, 2.24) is 5.32 Å². The Morgan fingerprint density at radius 2 is 1.81 bits per heavy atom. The Hall–Kier alpha value is -1.32. The molecular formula is C18H22FNS. The third-order valence-corrected chi connectivity index (χ3v) is 4.70. The van der Waals surface area contributed by atoms with Crippen LogP contribution >= 0.6 is 11.8 Å². The van der Waals surface area contributed by atoms with E-state index in [9.17, 15) is 4.39 Å². The van der Waals surface area contributed by atoms with Crippen LogP contribution in [0.25, 0.3) is 0 Å². The molecule has 0 aliphatic heterocycles. The van der Waals surface area contributed by atoms with E-state index in [4.69, 9.17) is 0 Å². The van der Waals surface area contributed by atoms with Gasteiger partial charge in [-0.1, -0.05) is 35.4 Å². The number of hydrogen-bond donors (Lipinski definition) is 1. The Labute approximate surface area is 131 Å². The molecular weight excluding hydrogens is 281 g/mol. The maximum Gasteiger partial charge on any atom is 0.129 e. The van der Waals surface area contributed by atoms with Gasteiger partial charge in [0.2, 0.25) is 0 Å². The van der Waals surface area contributed by atoms with Crippen LogP contribution in [-0.4, -0.2) is 7.05 Å². The van der Waals surface area contributed by atoms with Gasteiger partial charge in [0.1, 0.15) is 5.82 Å². The summed E-state index contributed by atoms with van der Waals surface area (Å²) in [6.07, 6.45) is 0. The number of thioether (sulfide) groups is 1. The molecule has 1 N–H and O–H groups in total. The molecule has 0 bridgehead atoms. The molecule has 0 aliphatic rings. The fourth-order valence-electron chi connectivity index (χ4n) is 2.52. The zero-order valence-electron chi connectivity index (χ0n) is 13.0. The van der Waals surface area contributed by atoms with Crippen molar-refractivity contribution in [3.8, 4) is 0 Å². The zero-order chi connectivity index (χ0) is 15.4. The van der Waals surface area contributed by atoms with Gasteiger partial charge in [-0.05, 0) is 45.5 Å². The van der Waals surface area contributed by atoms with Crippen molar-refractivity contribution in [3.63, 3.8) is 0 Å². The predicted octanol–water partition coefficient (Wildman–Crippen LogP) is 5.02. The second kappa shape index (κ2) is 7.10. The van der Waals surface area contributed by atoms with Gasteiger partial charge < -0.3 is 5.32 Å². The van der Waals surface area contributed by atoms with Gasteiger partial charge >= 0.3 is 0 Å². The van der Waals surface area contributed by atoms with Crippen molar-refractivity contribution in [1.29, 1.82) is 0 Å². The van der Waals surface area contributed by atoms with Crippen molar-refractivity contribution in [2.24, 2.45) is 0 Å². The van der Waals surface area contributed by atoms with Crippen LogP contribution in [0.2, 0.25) is 0 Å². The number of nitrogens with one attached hydrogen (secondary N) is 1. The van der Waals surface area contributed by atoms with Crippen molar-refractivity contribution >= 4 is 11.8 Å². The van der Waals surface area contributed by atoms with Crippen LogP contribution in [-0.2, 0) is 5.75 Å². The predicted molar refractivity (Wildman–Crippen MR) is 89.4 cm³/mol. The van der Waals surface area contributed by atoms with E-state index >= 15 is 0 Å². The Bertz CT molecular complexity index is 604. The molecule has 3 heteroatoms. The van der Waals surface area contributed by atoms with Crippen LogP contribution in [0, 0.1) is 19.7 Å². The minimum atomic E-state index is -0.137. The lowest BCUT2D eigenvalue weighted by atomic mass is 10.1. The fourth-order valence-corrected chi connectivity index (χ4v) is 3.61. The summed E-state index contributed by atoms with van der Waals surface area (Å²) in [5.41, 5.74) is 4.58. The minimum Gasteiger partial charge on any atom is -0.313 e. The lowest BCUT2D eigenvalue weighted by Gasteiger charge is -2.16. The Balaban J connectivity index is 2.22. The first-order chi connectivity index (χ1) is 10.0. The molecule has 0 aliphatic carbocycles. The van der Waals surface area contributed by atoms with Crippen LogP contribution in [0.1, 0.15) is 35.2 Å². The first-order valence-corrected chi connectivity index (χ1v) is 8.15. The third kappa shape index (κ3) is 4.08. The van der Waals surface area contributed by atoms with E-state index in [0.29, 0.717) is 0 Å². The van der Waals surface area contributed by atoms with Gasteiger partial charge in [-0.25, -0.2) is 4.39 Å². The molecule has 0 spiro atoms. The molecule has 0 amide bonds. The van der Waals surface area contributed by atoms with Crippen LogP contribution in [0.15, 0.2) is 41.3 Å². The maximum atomic E-state index is 14.1. The molecule has 0 heterocycles. The highest BCUT2D eigenvalue weighted by atomic mass is 32.2. The summed E-state index contributed by atoms with van der Waals surface area (Å²) < 4.78 is 14.1. The molecule has 112 valence electrons. The Kier molecular flexibility index (Phi) is 5.43. The Morgan fingerprint density at radius 3 is 2.43 bits per heavy atom. The van der Waals surface area contributed by atoms with Gasteiger partial charge in [-0.3, -0.25) is 0 Å². The molecule has 2 aromatic rings. The van der Waals surface area contributed by atoms with Gasteiger partial charge in [0.25, 0.3) is 0 Å². The summed E-state index contributed by atoms with van der Waals surface area (Å²) >= 11 is 1.70. The summed E-state index contributed by atoms with van der Waals surface area (Å²) in [6, 6.07) is 11.9. The van der Waals surface area contributed by atoms with E-state index in [1.807, 2.05) is 20.0 Å². The summed E-state index contributed by atoms with van der Waals surface area (Å²) in [5, 5.41) is 3.13. The first kappa shape index (κ1) is 16.1. The fraction of sp³-hybridized carbons (Fsp3) is 0.333. The summed E-state index contributed by atoms with van der Waals surface area (Å²) in [7, 11) is 1.86. The van der Waals surface area contributed by atoms with Gasteiger partial charge in [0, 0.05) is 22.3 Å². The summed E-state index contributed by atoms with van der Waals surface area (Å²) in [5.74, 6) is 0.720. The normalized spacial score (nSPS) is 12.4. The number of hydrogen-bond acceptors (Lipinski definition) is 2. The van der Waals surface area contributed by atoms with Crippen LogP contribution < -0.4 is 5.32 Å². The summed E-state index contributed by atoms with van der Waals surface area (Å²) in [6.45, 7) is 6.20. The van der Waals surface area contributed by atoms with E-state index in [1.165, 1.54) is 22.8 Å². The van der Waals surface area contributed by atoms with Crippen molar-refractivity contribution in [2.45, 2.75) is 37.5 Å². The molecule has 0 fully saturated rings. The number of rotatable bonds is 5. The van der Waals surface area contributed by atoms with Gasteiger partial charge in [0.15, 0.2) is 0 Å². The molecule has 2 aromatic carbocycles. The van der Waals surface area contributed by atoms with Crippen LogP contribution in [0.3, 0.4) is 0 Å². The zero-order valence-corrected chi connectivity index (χ0v) is 13.9. The standard InChI is InChI=1S/C18H22FNS/c1-12-8-13(2)10-15(9-12)11-21-17-7-5-6-16(19)18(17)14(3)20-4/h5-10,14,20H,11H2,1-4H3. The lowest BCUT2D eigenvalue weighted by Crippen LogP contribution is -2.15. The van der Waals surface area contributed by atoms with Crippen molar-refractivity contribution in [3.05, 3.63) is 64.5 Å². The van der Waals surface area contributed by atoms with E-state index in [2.05, 4.69) is 37.4 Å². The SMILES string of the molecule is CNC(C)c1c(F)cccc1SCc1cc(C)cc(C)c1. The average molecular weight is 303 g/mol. The number of aryl methyl sites for hydroxylation is 2. The minimum absolute atomic E-state index is 0.00736. The number of benzene rings is 2. The van der Waals surface area contributed by atoms with Gasteiger partial charge in [-0.15, -0.1) is 11.8 Å². The third-order valence-electron chi connectivity index (χ3n) is 3.55. The summed E-state index contributed by atoms with van der Waals surface area (Å²) in [4.78, 5) is 1.01. The average Bonchev–Trinajstić information content (AvgIpc) is 2.43. The highest BCUT2D eigenvalue weighted by Crippen LogP contribution is 2.32. The molecule has 1 unspecified atom stereocenters. The van der Waals surface area contributed by atoms with Crippen molar-refractivity contribution in [2.75, 3.05) is 7.05 Å². The number of halogens is 1. The second-order valence-corrected chi connectivity index (χ2v) is 6.46. The van der Waals surface area contributed by atoms with Gasteiger partial charge in [0.05, 0.1) is 0 Å². The highest BCUT2D eigenvalue weighted by molar-refractivity contribution is 7.98. The molecule has 21 heavy (non-hydrogen) atoms. The molecule has 1 nitrogen and oxygen atoms in total. The molecule has 0 radical (unpaired) electrons. The molecule has 0 saturated carbocycles. The van der Waals surface area contributed by atoms with Crippen molar-refractivity contribution < 1.29 is 4.39 Å². The van der Waals surface area contributed by atoms with Gasteiger partial charge in [-0.2, -0.15) is 0 Å². The van der Waals surface area contributed by atoms with E-state index in [1.54, 1.807) is 17.8 Å². The Morgan fingerprint density at radius 1 is 1.14 bits per heavy atom. The van der Waals surface area contributed by atoms with Crippen LogP contribution in [0.5, 0.6) is 0 Å². The smallest absolute Gasteiger partial charge is 0.129 e. The topological polar surface area (TPSA) is 12.0 Å². The van der Waals surface area contributed by atoms with E-state index in [0.717, 1.165) is 16.2 Å². The van der Waals surface area contributed by atoms with E-state index in [-0.39, 0.29) is 11.9 Å². The molecule has 2 rings (SSSR count). The van der Waals surface area contributed by atoms with Crippen LogP contribution in [0.4, 0.5) is 4.39 Å². The lowest BCUT2D eigenvalue weighted by molar-refractivity contribution is 0.552. The van der Waals surface area contributed by atoms with E-state index < -0.39 is 0 Å². The highest BCUT2D eigenvalue weighted by Gasteiger charge is 2.14. The maximum absolute atomic E-state index is 14.1. The largest absolute Gasteiger partial charge is 0.313 e. The monoisotopic (exact) mass is 303 g/mol. The molecule has 0 aromatic heterocycles. The molecule has 1 atom stereocenters.